The van der Waals surface area contributed by atoms with Crippen LogP contribution in [-0.4, -0.2) is 67.2 Å². The molecular formula is C47H45N3O12S2. The van der Waals surface area contributed by atoms with Crippen molar-refractivity contribution in [3.8, 4) is 0 Å². The molecule has 0 radical (unpaired) electrons. The lowest BCUT2D eigenvalue weighted by atomic mass is 10.1. The molecule has 0 aliphatic heterocycles. The molecule has 6 aromatic rings. The Morgan fingerprint density at radius 3 is 1.25 bits per heavy atom. The smallest absolute Gasteiger partial charge is 0.335 e. The summed E-state index contributed by atoms with van der Waals surface area (Å²) < 4.78 is 0. The number of amides is 2. The van der Waals surface area contributed by atoms with Crippen LogP contribution in [0.3, 0.4) is 0 Å². The summed E-state index contributed by atoms with van der Waals surface area (Å²) in [6.07, 6.45) is 0. The van der Waals surface area contributed by atoms with Gasteiger partial charge in [-0.2, -0.15) is 12.6 Å². The molecule has 64 heavy (non-hydrogen) atoms. The van der Waals surface area contributed by atoms with Crippen molar-refractivity contribution in [2.75, 3.05) is 16.0 Å². The number of hydrogen-bond donors (Lipinski definition) is 10. The van der Waals surface area contributed by atoms with Gasteiger partial charge in [-0.25, -0.2) is 24.0 Å². The first-order valence-corrected chi connectivity index (χ1v) is 19.7. The van der Waals surface area contributed by atoms with Gasteiger partial charge in [0, 0.05) is 48.1 Å². The fourth-order valence-electron chi connectivity index (χ4n) is 4.77. The minimum absolute atomic E-state index is 0.159. The van der Waals surface area contributed by atoms with Gasteiger partial charge < -0.3 is 41.5 Å². The van der Waals surface area contributed by atoms with Crippen LogP contribution < -0.4 is 16.0 Å². The van der Waals surface area contributed by atoms with Crippen molar-refractivity contribution in [2.24, 2.45) is 0 Å². The van der Waals surface area contributed by atoms with Crippen LogP contribution in [0.1, 0.15) is 76.8 Å². The number of anilines is 3. The molecule has 0 saturated heterocycles. The molecule has 0 atom stereocenters. The zero-order chi connectivity index (χ0) is 47.6. The molecule has 0 saturated carbocycles. The molecule has 0 fully saturated rings. The number of carboxylic acids is 5. The summed E-state index contributed by atoms with van der Waals surface area (Å²) in [5.41, 5.74) is 5.39. The van der Waals surface area contributed by atoms with E-state index in [1.165, 1.54) is 55.8 Å². The van der Waals surface area contributed by atoms with E-state index in [0.717, 1.165) is 22.7 Å². The van der Waals surface area contributed by atoms with E-state index in [9.17, 15) is 33.6 Å². The van der Waals surface area contributed by atoms with Gasteiger partial charge in [0.2, 0.25) is 11.8 Å². The molecule has 0 unspecified atom stereocenters. The predicted molar refractivity (Wildman–Crippen MR) is 249 cm³/mol. The highest BCUT2D eigenvalue weighted by Crippen LogP contribution is 2.13. The fourth-order valence-corrected chi connectivity index (χ4v) is 5.12. The number of rotatable bonds is 11. The molecular weight excluding hydrogens is 863 g/mol. The molecule has 0 bridgehead atoms. The molecule has 6 rings (SSSR count). The number of carbonyl (C=O) groups is 7. The van der Waals surface area contributed by atoms with Crippen molar-refractivity contribution in [2.45, 2.75) is 31.0 Å². The molecule has 0 heterocycles. The Balaban J connectivity index is 0.000000279. The molecule has 0 aliphatic rings. The van der Waals surface area contributed by atoms with Crippen molar-refractivity contribution in [3.63, 3.8) is 0 Å². The third kappa shape index (κ3) is 21.1. The average Bonchev–Trinajstić information content (AvgIpc) is 3.27. The number of nitrogens with one attached hydrogen (secondary N) is 3. The average molecular weight is 908 g/mol. The minimum atomic E-state index is -1.01. The number of thiol groups is 2. The molecule has 2 amide bonds. The normalized spacial score (nSPS) is 9.50. The SMILES string of the molecule is CC(=O)Nc1ccc(C(=O)O)cc1.CC(=O)Nc1cccc(C(=O)O)c1.O=C(O)c1ccc(NCc2ccccc2)cc1.O=C(O)c1ccc(S)cc1.O=C(O)c1cccc(CS)c1. The number of carboxylic acid groups (broad SMARTS) is 5. The summed E-state index contributed by atoms with van der Waals surface area (Å²) in [7, 11) is 0. The molecule has 6 aromatic carbocycles. The van der Waals surface area contributed by atoms with Gasteiger partial charge in [0.1, 0.15) is 0 Å². The van der Waals surface area contributed by atoms with E-state index >= 15 is 0 Å². The van der Waals surface area contributed by atoms with E-state index in [0.29, 0.717) is 28.3 Å². The lowest BCUT2D eigenvalue weighted by molar-refractivity contribution is -0.115. The maximum Gasteiger partial charge on any atom is 0.335 e. The third-order valence-electron chi connectivity index (χ3n) is 7.82. The summed E-state index contributed by atoms with van der Waals surface area (Å²) in [6, 6.07) is 41.9. The van der Waals surface area contributed by atoms with Crippen molar-refractivity contribution in [3.05, 3.63) is 191 Å². The van der Waals surface area contributed by atoms with Crippen LogP contribution in [0.15, 0.2) is 157 Å². The Hall–Kier alpha value is -7.89. The maximum absolute atomic E-state index is 10.7. The van der Waals surface area contributed by atoms with E-state index in [-0.39, 0.29) is 28.5 Å². The lowest BCUT2D eigenvalue weighted by Gasteiger charge is -2.06. The second kappa shape index (κ2) is 27.9. The first kappa shape index (κ1) is 52.2. The van der Waals surface area contributed by atoms with Crippen molar-refractivity contribution in [1.29, 1.82) is 0 Å². The molecule has 17 heteroatoms. The van der Waals surface area contributed by atoms with Gasteiger partial charge in [-0.15, -0.1) is 12.6 Å². The van der Waals surface area contributed by atoms with Crippen LogP contribution in [0.4, 0.5) is 17.1 Å². The van der Waals surface area contributed by atoms with Crippen LogP contribution in [-0.2, 0) is 21.9 Å². The minimum Gasteiger partial charge on any atom is -0.478 e. The van der Waals surface area contributed by atoms with Gasteiger partial charge in [0.15, 0.2) is 0 Å². The molecule has 0 spiro atoms. The number of benzene rings is 6. The molecule has 0 aliphatic carbocycles. The second-order valence-electron chi connectivity index (χ2n) is 12.9. The first-order chi connectivity index (χ1) is 30.4. The van der Waals surface area contributed by atoms with Crippen LogP contribution in [0.5, 0.6) is 0 Å². The first-order valence-electron chi connectivity index (χ1n) is 18.7. The summed E-state index contributed by atoms with van der Waals surface area (Å²) >= 11 is 8.04. The fraction of sp³-hybridized carbons (Fsp3) is 0.0851. The lowest BCUT2D eigenvalue weighted by Crippen LogP contribution is -2.06. The van der Waals surface area contributed by atoms with Gasteiger partial charge >= 0.3 is 29.8 Å². The van der Waals surface area contributed by atoms with Gasteiger partial charge in [-0.3, -0.25) is 9.59 Å². The predicted octanol–water partition coefficient (Wildman–Crippen LogP) is 9.17. The van der Waals surface area contributed by atoms with Crippen molar-refractivity contribution < 1.29 is 59.1 Å². The van der Waals surface area contributed by atoms with Crippen molar-refractivity contribution >= 4 is 84.0 Å². The van der Waals surface area contributed by atoms with Gasteiger partial charge in [-0.1, -0.05) is 48.5 Å². The van der Waals surface area contributed by atoms with Crippen LogP contribution in [0, 0.1) is 0 Å². The quantitative estimate of drug-likeness (QED) is 0.0545. The summed E-state index contributed by atoms with van der Waals surface area (Å²) in [6.45, 7) is 3.49. The summed E-state index contributed by atoms with van der Waals surface area (Å²) in [4.78, 5) is 74.4. The van der Waals surface area contributed by atoms with Gasteiger partial charge in [-0.05, 0) is 114 Å². The Kier molecular flexibility index (Phi) is 22.7. The monoisotopic (exact) mass is 907 g/mol. The molecule has 0 aromatic heterocycles. The zero-order valence-electron chi connectivity index (χ0n) is 34.3. The van der Waals surface area contributed by atoms with Gasteiger partial charge in [0.25, 0.3) is 0 Å². The standard InChI is InChI=1S/C14H13NO2.2C9H9NO3.C8H8O2S.C7H6O2S/c16-14(17)12-6-8-13(9-7-12)15-10-11-4-2-1-3-5-11;1-6(11)10-8-4-2-7(3-5-8)9(12)13;1-6(11)10-8-4-2-3-7(5-8)9(12)13;9-8(10)7-3-1-2-6(4-7)5-11;8-7(9)5-1-3-6(10)4-2-5/h1-9,15H,10H2,(H,16,17);2*2-5H,1H3,(H,10,11)(H,12,13);1-4,11H,5H2,(H,9,10);1-4,10H,(H,8,9). The van der Waals surface area contributed by atoms with Gasteiger partial charge in [0.05, 0.1) is 27.8 Å². The largest absolute Gasteiger partial charge is 0.478 e. The van der Waals surface area contributed by atoms with Crippen molar-refractivity contribution in [1.82, 2.24) is 0 Å². The Morgan fingerprint density at radius 2 is 0.812 bits per heavy atom. The maximum atomic E-state index is 10.7. The molecule has 8 N–H and O–H groups in total. The number of aromatic carboxylic acids is 5. The van der Waals surface area contributed by atoms with E-state index in [1.54, 1.807) is 78.9 Å². The Bertz CT molecular complexity index is 2480. The molecule has 15 nitrogen and oxygen atoms in total. The van der Waals surface area contributed by atoms with Crippen LogP contribution >= 0.6 is 25.3 Å². The van der Waals surface area contributed by atoms with E-state index in [2.05, 4.69) is 41.2 Å². The van der Waals surface area contributed by atoms with E-state index in [1.807, 2.05) is 36.4 Å². The summed E-state index contributed by atoms with van der Waals surface area (Å²) in [5, 5.41) is 51.3. The molecule has 332 valence electrons. The van der Waals surface area contributed by atoms with E-state index < -0.39 is 29.8 Å². The number of hydrogen-bond acceptors (Lipinski definition) is 10. The third-order valence-corrected chi connectivity index (χ3v) is 8.49. The van der Waals surface area contributed by atoms with Crippen LogP contribution in [0.25, 0.3) is 0 Å². The zero-order valence-corrected chi connectivity index (χ0v) is 36.1. The van der Waals surface area contributed by atoms with E-state index in [4.69, 9.17) is 25.5 Å². The second-order valence-corrected chi connectivity index (χ2v) is 13.7. The topological polar surface area (TPSA) is 257 Å². The highest BCUT2D eigenvalue weighted by Gasteiger charge is 2.05. The Morgan fingerprint density at radius 1 is 0.422 bits per heavy atom. The number of carbonyl (C=O) groups excluding carboxylic acids is 2. The highest BCUT2D eigenvalue weighted by molar-refractivity contribution is 7.80. The highest BCUT2D eigenvalue weighted by atomic mass is 32.1. The Labute approximate surface area is 379 Å². The van der Waals surface area contributed by atoms with Crippen LogP contribution in [0.2, 0.25) is 0 Å². The summed E-state index contributed by atoms with van der Waals surface area (Å²) in [5.74, 6) is -4.52.